The Bertz CT molecular complexity index is 400. The van der Waals surface area contributed by atoms with Gasteiger partial charge in [-0.2, -0.15) is 11.3 Å². The van der Waals surface area contributed by atoms with Crippen molar-refractivity contribution in [2.45, 2.75) is 31.7 Å². The molecule has 1 atom stereocenters. The number of rotatable bonds is 8. The Balaban J connectivity index is 2.36. The van der Waals surface area contributed by atoms with Gasteiger partial charge in [0.1, 0.15) is 6.04 Å². The zero-order valence-corrected chi connectivity index (χ0v) is 10.9. The Morgan fingerprint density at radius 3 is 2.89 bits per heavy atom. The third-order valence-electron chi connectivity index (χ3n) is 2.51. The molecule has 1 rings (SSSR count). The van der Waals surface area contributed by atoms with E-state index in [9.17, 15) is 9.59 Å². The number of hydrogen-bond acceptors (Lipinski definition) is 3. The van der Waals surface area contributed by atoms with Gasteiger partial charge in [-0.25, -0.2) is 4.79 Å². The van der Waals surface area contributed by atoms with Crippen molar-refractivity contribution >= 4 is 23.2 Å². The fraction of sp³-hybridized carbons (Fsp3) is 0.385. The van der Waals surface area contributed by atoms with Gasteiger partial charge in [0, 0.05) is 6.42 Å². The number of carbonyl (C=O) groups excluding carboxylic acids is 1. The Morgan fingerprint density at radius 2 is 2.33 bits per heavy atom. The van der Waals surface area contributed by atoms with Crippen LogP contribution >= 0.6 is 11.3 Å². The summed E-state index contributed by atoms with van der Waals surface area (Å²) in [5, 5.41) is 15.4. The number of aliphatic carboxylic acids is 1. The summed E-state index contributed by atoms with van der Waals surface area (Å²) in [5.74, 6) is -1.22. The van der Waals surface area contributed by atoms with Crippen LogP contribution in [0.4, 0.5) is 0 Å². The van der Waals surface area contributed by atoms with Crippen LogP contribution in [0.3, 0.4) is 0 Å². The first-order valence-corrected chi connectivity index (χ1v) is 6.72. The quantitative estimate of drug-likeness (QED) is 0.710. The van der Waals surface area contributed by atoms with Crippen LogP contribution in [0, 0.1) is 0 Å². The van der Waals surface area contributed by atoms with Crippen LogP contribution in [0.2, 0.25) is 0 Å². The molecule has 18 heavy (non-hydrogen) atoms. The molecule has 0 spiro atoms. The fourth-order valence-electron chi connectivity index (χ4n) is 1.50. The lowest BCUT2D eigenvalue weighted by Crippen LogP contribution is -2.40. The smallest absolute Gasteiger partial charge is 0.326 e. The van der Waals surface area contributed by atoms with E-state index in [2.05, 4.69) is 11.9 Å². The predicted molar refractivity (Wildman–Crippen MR) is 71.6 cm³/mol. The number of nitrogens with one attached hydrogen (secondary N) is 1. The van der Waals surface area contributed by atoms with Crippen LogP contribution in [-0.2, 0) is 16.0 Å². The van der Waals surface area contributed by atoms with E-state index < -0.39 is 12.0 Å². The van der Waals surface area contributed by atoms with Crippen LogP contribution in [0.25, 0.3) is 0 Å². The van der Waals surface area contributed by atoms with Crippen LogP contribution in [0.15, 0.2) is 29.5 Å². The summed E-state index contributed by atoms with van der Waals surface area (Å²) in [6.45, 7) is 3.54. The average Bonchev–Trinajstić information content (AvgIpc) is 2.84. The molecule has 0 saturated carbocycles. The maximum Gasteiger partial charge on any atom is 0.326 e. The molecule has 0 aliphatic rings. The first-order chi connectivity index (χ1) is 8.63. The topological polar surface area (TPSA) is 66.4 Å². The SMILES string of the molecule is C=CCCC(NC(=O)CCc1ccsc1)C(=O)O. The predicted octanol–water partition coefficient (Wildman–Crippen LogP) is 2.22. The molecular formula is C13H17NO3S. The van der Waals surface area contributed by atoms with E-state index in [1.54, 1.807) is 17.4 Å². The summed E-state index contributed by atoms with van der Waals surface area (Å²) in [4.78, 5) is 22.5. The van der Waals surface area contributed by atoms with E-state index in [4.69, 9.17) is 5.11 Å². The molecule has 0 saturated heterocycles. The van der Waals surface area contributed by atoms with Gasteiger partial charge in [-0.05, 0) is 41.7 Å². The maximum absolute atomic E-state index is 11.6. The molecule has 0 aliphatic heterocycles. The zero-order chi connectivity index (χ0) is 13.4. The number of thiophene rings is 1. The minimum absolute atomic E-state index is 0.224. The normalized spacial score (nSPS) is 11.8. The minimum atomic E-state index is -0.999. The molecule has 4 nitrogen and oxygen atoms in total. The van der Waals surface area contributed by atoms with Gasteiger partial charge in [0.25, 0.3) is 0 Å². The van der Waals surface area contributed by atoms with Crippen molar-refractivity contribution in [2.75, 3.05) is 0 Å². The van der Waals surface area contributed by atoms with Crippen molar-refractivity contribution < 1.29 is 14.7 Å². The lowest BCUT2D eigenvalue weighted by atomic mass is 10.1. The molecule has 2 N–H and O–H groups in total. The van der Waals surface area contributed by atoms with E-state index in [-0.39, 0.29) is 5.91 Å². The van der Waals surface area contributed by atoms with Crippen molar-refractivity contribution in [1.29, 1.82) is 0 Å². The molecule has 1 aromatic rings. The Morgan fingerprint density at radius 1 is 1.56 bits per heavy atom. The fourth-order valence-corrected chi connectivity index (χ4v) is 2.20. The maximum atomic E-state index is 11.6. The lowest BCUT2D eigenvalue weighted by Gasteiger charge is -2.13. The summed E-state index contributed by atoms with van der Waals surface area (Å²) in [6, 6.07) is 1.14. The summed E-state index contributed by atoms with van der Waals surface area (Å²) in [7, 11) is 0. The summed E-state index contributed by atoms with van der Waals surface area (Å²) in [5.41, 5.74) is 1.10. The first kappa shape index (κ1) is 14.4. The second kappa shape index (κ2) is 7.66. The highest BCUT2D eigenvalue weighted by Gasteiger charge is 2.18. The highest BCUT2D eigenvalue weighted by Crippen LogP contribution is 2.08. The van der Waals surface area contributed by atoms with Crippen molar-refractivity contribution in [3.05, 3.63) is 35.0 Å². The van der Waals surface area contributed by atoms with E-state index >= 15 is 0 Å². The van der Waals surface area contributed by atoms with Gasteiger partial charge >= 0.3 is 5.97 Å². The summed E-state index contributed by atoms with van der Waals surface area (Å²) < 4.78 is 0. The number of carboxylic acids is 1. The molecule has 1 unspecified atom stereocenters. The van der Waals surface area contributed by atoms with Crippen LogP contribution < -0.4 is 5.32 Å². The van der Waals surface area contributed by atoms with Crippen molar-refractivity contribution in [3.8, 4) is 0 Å². The second-order valence-electron chi connectivity index (χ2n) is 3.96. The summed E-state index contributed by atoms with van der Waals surface area (Å²) in [6.07, 6.45) is 3.55. The molecule has 1 amide bonds. The lowest BCUT2D eigenvalue weighted by molar-refractivity contribution is -0.142. The molecule has 0 radical (unpaired) electrons. The van der Waals surface area contributed by atoms with Gasteiger partial charge in [0.15, 0.2) is 0 Å². The van der Waals surface area contributed by atoms with Gasteiger partial charge in [0.2, 0.25) is 5.91 Å². The number of allylic oxidation sites excluding steroid dienone is 1. The molecule has 0 aliphatic carbocycles. The Hall–Kier alpha value is -1.62. The minimum Gasteiger partial charge on any atom is -0.480 e. The molecule has 0 aromatic carbocycles. The van der Waals surface area contributed by atoms with E-state index in [0.717, 1.165) is 5.56 Å². The van der Waals surface area contributed by atoms with Crippen molar-refractivity contribution in [1.82, 2.24) is 5.32 Å². The molecule has 98 valence electrons. The molecule has 1 heterocycles. The van der Waals surface area contributed by atoms with Gasteiger partial charge in [-0.1, -0.05) is 6.08 Å². The van der Waals surface area contributed by atoms with E-state index in [0.29, 0.717) is 25.7 Å². The van der Waals surface area contributed by atoms with Crippen molar-refractivity contribution in [3.63, 3.8) is 0 Å². The van der Waals surface area contributed by atoms with Crippen molar-refractivity contribution in [2.24, 2.45) is 0 Å². The number of carbonyl (C=O) groups is 2. The van der Waals surface area contributed by atoms with E-state index in [1.807, 2.05) is 16.8 Å². The number of hydrogen-bond donors (Lipinski definition) is 2. The van der Waals surface area contributed by atoms with Crippen LogP contribution in [0.1, 0.15) is 24.8 Å². The van der Waals surface area contributed by atoms with Gasteiger partial charge < -0.3 is 10.4 Å². The molecule has 0 fully saturated rings. The Labute approximate surface area is 110 Å². The number of aryl methyl sites for hydroxylation is 1. The largest absolute Gasteiger partial charge is 0.480 e. The number of amides is 1. The highest BCUT2D eigenvalue weighted by atomic mass is 32.1. The highest BCUT2D eigenvalue weighted by molar-refractivity contribution is 7.07. The van der Waals surface area contributed by atoms with Gasteiger partial charge in [-0.3, -0.25) is 4.79 Å². The van der Waals surface area contributed by atoms with E-state index in [1.165, 1.54) is 0 Å². The van der Waals surface area contributed by atoms with Gasteiger partial charge in [-0.15, -0.1) is 6.58 Å². The zero-order valence-electron chi connectivity index (χ0n) is 10.1. The summed E-state index contributed by atoms with van der Waals surface area (Å²) >= 11 is 1.58. The molecule has 0 bridgehead atoms. The average molecular weight is 267 g/mol. The van der Waals surface area contributed by atoms with Gasteiger partial charge in [0.05, 0.1) is 0 Å². The standard InChI is InChI=1S/C13H17NO3S/c1-2-3-4-11(13(16)17)14-12(15)6-5-10-7-8-18-9-10/h2,7-9,11H,1,3-6H2,(H,14,15)(H,16,17). The third kappa shape index (κ3) is 5.14. The molecule has 1 aromatic heterocycles. The number of carboxylic acid groups (broad SMARTS) is 1. The second-order valence-corrected chi connectivity index (χ2v) is 4.74. The van der Waals surface area contributed by atoms with Crippen LogP contribution in [0.5, 0.6) is 0 Å². The molecular weight excluding hydrogens is 250 g/mol. The molecule has 5 heteroatoms. The van der Waals surface area contributed by atoms with Crippen LogP contribution in [-0.4, -0.2) is 23.0 Å². The third-order valence-corrected chi connectivity index (χ3v) is 3.25. The monoisotopic (exact) mass is 267 g/mol. The Kier molecular flexibility index (Phi) is 6.14. The first-order valence-electron chi connectivity index (χ1n) is 5.77.